The standard InChI is InChI=1S/C24H22FN5O/c25-21-9-5-17(6-10-21)15-30-24(26-27-28-30)23(19-7-11-22(31)12-8-19)29-14-13-18-3-1-2-4-20(18)16-29/h1-12,23,31H,13-16H2/t23-/m0/s1. The van der Waals surface area contributed by atoms with Crippen LogP contribution in [0, 0.1) is 5.82 Å². The van der Waals surface area contributed by atoms with Gasteiger partial charge in [0, 0.05) is 13.1 Å². The first-order chi connectivity index (χ1) is 15.2. The highest BCUT2D eigenvalue weighted by atomic mass is 19.1. The fraction of sp³-hybridized carbons (Fsp3) is 0.208. The first-order valence-corrected chi connectivity index (χ1v) is 10.3. The summed E-state index contributed by atoms with van der Waals surface area (Å²) in [4.78, 5) is 2.36. The minimum atomic E-state index is -0.269. The van der Waals surface area contributed by atoms with Crippen LogP contribution in [0.3, 0.4) is 0 Å². The summed E-state index contributed by atoms with van der Waals surface area (Å²) in [6.07, 6.45) is 0.949. The van der Waals surface area contributed by atoms with Crippen molar-refractivity contribution in [3.63, 3.8) is 0 Å². The third-order valence-electron chi connectivity index (χ3n) is 5.78. The van der Waals surface area contributed by atoms with E-state index in [9.17, 15) is 9.50 Å². The molecule has 1 aliphatic rings. The van der Waals surface area contributed by atoms with Gasteiger partial charge < -0.3 is 5.11 Å². The summed E-state index contributed by atoms with van der Waals surface area (Å²) in [5, 5.41) is 22.3. The first-order valence-electron chi connectivity index (χ1n) is 10.3. The van der Waals surface area contributed by atoms with Crippen molar-refractivity contribution >= 4 is 0 Å². The van der Waals surface area contributed by atoms with Crippen molar-refractivity contribution in [1.82, 2.24) is 25.1 Å². The van der Waals surface area contributed by atoms with Gasteiger partial charge in [-0.1, -0.05) is 48.5 Å². The van der Waals surface area contributed by atoms with Gasteiger partial charge in [-0.25, -0.2) is 9.07 Å². The van der Waals surface area contributed by atoms with Crippen LogP contribution in [0.2, 0.25) is 0 Å². The van der Waals surface area contributed by atoms with Gasteiger partial charge in [0.1, 0.15) is 11.6 Å². The van der Waals surface area contributed by atoms with Crippen LogP contribution in [0.5, 0.6) is 5.75 Å². The average molecular weight is 415 g/mol. The van der Waals surface area contributed by atoms with Crippen molar-refractivity contribution < 1.29 is 9.50 Å². The molecule has 0 radical (unpaired) electrons. The van der Waals surface area contributed by atoms with Gasteiger partial charge in [-0.05, 0) is 63.4 Å². The second-order valence-corrected chi connectivity index (χ2v) is 7.80. The zero-order chi connectivity index (χ0) is 21.2. The average Bonchev–Trinajstić information content (AvgIpc) is 3.24. The number of nitrogens with zero attached hydrogens (tertiary/aromatic N) is 5. The van der Waals surface area contributed by atoms with Crippen LogP contribution in [-0.2, 0) is 19.5 Å². The maximum Gasteiger partial charge on any atom is 0.173 e. The van der Waals surface area contributed by atoms with Crippen molar-refractivity contribution in [3.8, 4) is 5.75 Å². The molecule has 0 aliphatic carbocycles. The maximum absolute atomic E-state index is 13.3. The largest absolute Gasteiger partial charge is 0.508 e. The molecular weight excluding hydrogens is 393 g/mol. The molecule has 3 aromatic carbocycles. The number of tetrazole rings is 1. The van der Waals surface area contributed by atoms with Crippen molar-refractivity contribution in [2.24, 2.45) is 0 Å². The van der Waals surface area contributed by atoms with E-state index in [1.165, 1.54) is 23.3 Å². The van der Waals surface area contributed by atoms with Gasteiger partial charge in [0.25, 0.3) is 0 Å². The minimum absolute atomic E-state index is 0.176. The predicted octanol–water partition coefficient (Wildman–Crippen LogP) is 3.71. The number of phenolic OH excluding ortho intramolecular Hbond substituents is 1. The van der Waals surface area contributed by atoms with E-state index in [1.54, 1.807) is 28.9 Å². The number of hydrogen-bond donors (Lipinski definition) is 1. The molecule has 0 fully saturated rings. The lowest BCUT2D eigenvalue weighted by Gasteiger charge is -2.35. The Hall–Kier alpha value is -3.58. The van der Waals surface area contributed by atoms with Gasteiger partial charge in [-0.2, -0.15) is 0 Å². The van der Waals surface area contributed by atoms with E-state index in [1.807, 2.05) is 12.1 Å². The maximum atomic E-state index is 13.3. The Kier molecular flexibility index (Phi) is 5.18. The number of phenols is 1. The van der Waals surface area contributed by atoms with Gasteiger partial charge in [0.2, 0.25) is 0 Å². The van der Waals surface area contributed by atoms with Crippen LogP contribution in [0.15, 0.2) is 72.8 Å². The Balaban J connectivity index is 1.52. The molecule has 156 valence electrons. The molecule has 6 nitrogen and oxygen atoms in total. The van der Waals surface area contributed by atoms with E-state index in [4.69, 9.17) is 0 Å². The lowest BCUT2D eigenvalue weighted by atomic mass is 9.96. The molecule has 31 heavy (non-hydrogen) atoms. The molecule has 1 aromatic heterocycles. The molecule has 4 aromatic rings. The normalized spacial score (nSPS) is 14.9. The summed E-state index contributed by atoms with van der Waals surface area (Å²) in [6, 6.07) is 21.9. The SMILES string of the molecule is Oc1ccc([C@@H](c2nnnn2Cc2ccc(F)cc2)N2CCc3ccccc3C2)cc1. The number of hydrogen-bond acceptors (Lipinski definition) is 5. The topological polar surface area (TPSA) is 67.1 Å². The molecule has 0 bridgehead atoms. The number of benzene rings is 3. The summed E-state index contributed by atoms with van der Waals surface area (Å²) in [5.74, 6) is 0.668. The van der Waals surface area contributed by atoms with Crippen LogP contribution in [0.25, 0.3) is 0 Å². The molecular formula is C24H22FN5O. The molecule has 0 spiro atoms. The zero-order valence-corrected chi connectivity index (χ0v) is 16.9. The Morgan fingerprint density at radius 2 is 1.68 bits per heavy atom. The zero-order valence-electron chi connectivity index (χ0n) is 16.9. The lowest BCUT2D eigenvalue weighted by Crippen LogP contribution is -2.36. The monoisotopic (exact) mass is 415 g/mol. The smallest absolute Gasteiger partial charge is 0.173 e. The highest BCUT2D eigenvalue weighted by Gasteiger charge is 2.30. The molecule has 1 atom stereocenters. The van der Waals surface area contributed by atoms with Crippen LogP contribution in [0.1, 0.15) is 34.1 Å². The minimum Gasteiger partial charge on any atom is -0.508 e. The Morgan fingerprint density at radius 1 is 0.935 bits per heavy atom. The molecule has 5 rings (SSSR count). The van der Waals surface area contributed by atoms with E-state index in [-0.39, 0.29) is 17.6 Å². The third kappa shape index (κ3) is 4.04. The summed E-state index contributed by atoms with van der Waals surface area (Å²) in [6.45, 7) is 2.10. The Morgan fingerprint density at radius 3 is 2.45 bits per heavy atom. The molecule has 0 unspecified atom stereocenters. The van der Waals surface area contributed by atoms with Crippen LogP contribution < -0.4 is 0 Å². The van der Waals surface area contributed by atoms with Crippen molar-refractivity contribution in [2.45, 2.75) is 25.6 Å². The number of rotatable bonds is 5. The number of halogens is 1. The molecule has 2 heterocycles. The molecule has 0 saturated heterocycles. The Bertz CT molecular complexity index is 1170. The van der Waals surface area contributed by atoms with E-state index in [2.05, 4.69) is 44.7 Å². The predicted molar refractivity (Wildman–Crippen MR) is 114 cm³/mol. The number of aromatic nitrogens is 4. The fourth-order valence-electron chi connectivity index (χ4n) is 4.20. The molecule has 1 aliphatic heterocycles. The highest BCUT2D eigenvalue weighted by Crippen LogP contribution is 2.32. The quantitative estimate of drug-likeness (QED) is 0.538. The van der Waals surface area contributed by atoms with Crippen molar-refractivity contribution in [3.05, 3.63) is 107 Å². The molecule has 0 saturated carbocycles. The van der Waals surface area contributed by atoms with Gasteiger partial charge in [-0.15, -0.1) is 5.10 Å². The Labute approximate surface area is 179 Å². The van der Waals surface area contributed by atoms with Crippen LogP contribution >= 0.6 is 0 Å². The second kappa shape index (κ2) is 8.28. The van der Waals surface area contributed by atoms with Crippen LogP contribution in [-0.4, -0.2) is 36.8 Å². The molecule has 1 N–H and O–H groups in total. The fourth-order valence-corrected chi connectivity index (χ4v) is 4.20. The van der Waals surface area contributed by atoms with Gasteiger partial charge in [0.05, 0.1) is 12.6 Å². The number of aromatic hydroxyl groups is 1. The van der Waals surface area contributed by atoms with E-state index >= 15 is 0 Å². The summed E-state index contributed by atoms with van der Waals surface area (Å²) >= 11 is 0. The summed E-state index contributed by atoms with van der Waals surface area (Å²) in [7, 11) is 0. The highest BCUT2D eigenvalue weighted by molar-refractivity contribution is 5.34. The lowest BCUT2D eigenvalue weighted by molar-refractivity contribution is 0.195. The molecule has 7 heteroatoms. The number of fused-ring (bicyclic) bond motifs is 1. The third-order valence-corrected chi connectivity index (χ3v) is 5.78. The summed E-state index contributed by atoms with van der Waals surface area (Å²) < 4.78 is 15.1. The van der Waals surface area contributed by atoms with E-state index < -0.39 is 0 Å². The second-order valence-electron chi connectivity index (χ2n) is 7.80. The van der Waals surface area contributed by atoms with E-state index in [0.29, 0.717) is 6.54 Å². The van der Waals surface area contributed by atoms with Crippen molar-refractivity contribution in [1.29, 1.82) is 0 Å². The molecule has 0 amide bonds. The van der Waals surface area contributed by atoms with Crippen molar-refractivity contribution in [2.75, 3.05) is 6.54 Å². The van der Waals surface area contributed by atoms with Gasteiger partial charge >= 0.3 is 0 Å². The van der Waals surface area contributed by atoms with E-state index in [0.717, 1.165) is 36.5 Å². The van der Waals surface area contributed by atoms with Gasteiger partial charge in [0.15, 0.2) is 5.82 Å². The van der Waals surface area contributed by atoms with Crippen LogP contribution in [0.4, 0.5) is 4.39 Å². The van der Waals surface area contributed by atoms with Gasteiger partial charge in [-0.3, -0.25) is 4.90 Å². The summed E-state index contributed by atoms with van der Waals surface area (Å²) in [5.41, 5.74) is 4.60. The first kappa shape index (κ1) is 19.4.